The Kier molecular flexibility index (Phi) is 3.84. The van der Waals surface area contributed by atoms with Crippen LogP contribution in [0.2, 0.25) is 0 Å². The number of nitrogens with two attached hydrogens (primary N) is 1. The molecule has 2 heterocycles. The van der Waals surface area contributed by atoms with Crippen LogP contribution in [0.1, 0.15) is 5.56 Å². The van der Waals surface area contributed by atoms with Crippen molar-refractivity contribution < 1.29 is 4.74 Å². The predicted molar refractivity (Wildman–Crippen MR) is 97.2 cm³/mol. The van der Waals surface area contributed by atoms with Crippen LogP contribution in [0.4, 0.5) is 0 Å². The lowest BCUT2D eigenvalue weighted by Crippen LogP contribution is -2.00. The summed E-state index contributed by atoms with van der Waals surface area (Å²) in [6.45, 7) is 0.744. The van der Waals surface area contributed by atoms with E-state index >= 15 is 0 Å². The van der Waals surface area contributed by atoms with Gasteiger partial charge in [-0.05, 0) is 41.8 Å². The topological polar surface area (TPSA) is 66.0 Å². The van der Waals surface area contributed by atoms with Crippen molar-refractivity contribution in [2.75, 3.05) is 7.11 Å². The first-order valence-electron chi connectivity index (χ1n) is 7.52. The molecule has 0 spiro atoms. The van der Waals surface area contributed by atoms with E-state index < -0.39 is 0 Å². The van der Waals surface area contributed by atoms with Gasteiger partial charge in [-0.1, -0.05) is 12.1 Å². The van der Waals surface area contributed by atoms with E-state index in [1.807, 2.05) is 30.6 Å². The van der Waals surface area contributed by atoms with E-state index in [4.69, 9.17) is 9.88 Å². The normalized spacial score (nSPS) is 11.2. The molecular formula is C18H16N4OS. The van der Waals surface area contributed by atoms with Gasteiger partial charge in [0.1, 0.15) is 5.75 Å². The first-order chi connectivity index (χ1) is 11.8. The van der Waals surface area contributed by atoms with Gasteiger partial charge in [-0.25, -0.2) is 0 Å². The van der Waals surface area contributed by atoms with Gasteiger partial charge in [-0.3, -0.25) is 5.14 Å². The highest BCUT2D eigenvalue weighted by Gasteiger charge is 2.12. The Morgan fingerprint density at radius 2 is 1.79 bits per heavy atom. The molecular weight excluding hydrogens is 320 g/mol. The van der Waals surface area contributed by atoms with Crippen molar-refractivity contribution in [1.82, 2.24) is 14.8 Å². The van der Waals surface area contributed by atoms with Crippen LogP contribution in [0, 0.1) is 0 Å². The minimum Gasteiger partial charge on any atom is -0.497 e. The summed E-state index contributed by atoms with van der Waals surface area (Å²) in [4.78, 5) is 1.05. The molecule has 5 nitrogen and oxygen atoms in total. The van der Waals surface area contributed by atoms with E-state index in [2.05, 4.69) is 39.0 Å². The molecule has 0 saturated heterocycles. The molecule has 0 saturated carbocycles. The van der Waals surface area contributed by atoms with Crippen LogP contribution < -0.4 is 9.88 Å². The summed E-state index contributed by atoms with van der Waals surface area (Å²) in [7, 11) is 1.68. The molecule has 24 heavy (non-hydrogen) atoms. The molecule has 2 N–H and O–H groups in total. The van der Waals surface area contributed by atoms with Crippen LogP contribution >= 0.6 is 11.9 Å². The monoisotopic (exact) mass is 336 g/mol. The van der Waals surface area contributed by atoms with Crippen molar-refractivity contribution in [3.63, 3.8) is 0 Å². The van der Waals surface area contributed by atoms with Crippen molar-refractivity contribution in [2.24, 2.45) is 5.14 Å². The average Bonchev–Trinajstić information content (AvgIpc) is 2.96. The fourth-order valence-corrected chi connectivity index (χ4v) is 3.28. The molecule has 0 aliphatic heterocycles. The van der Waals surface area contributed by atoms with Gasteiger partial charge in [0.25, 0.3) is 0 Å². The number of rotatable bonds is 4. The third-order valence-electron chi connectivity index (χ3n) is 4.19. The summed E-state index contributed by atoms with van der Waals surface area (Å²) in [6, 6.07) is 14.4. The van der Waals surface area contributed by atoms with Gasteiger partial charge < -0.3 is 9.30 Å². The van der Waals surface area contributed by atoms with E-state index in [-0.39, 0.29) is 0 Å². The standard InChI is InChI=1S/C18H16N4OS/c1-23-13-4-7-15-16-9-20-21-10-18(16)22(17(15)8-13)11-12-2-5-14(24-19)6-3-12/h2-10H,11,19H2,1H3. The van der Waals surface area contributed by atoms with Crippen LogP contribution in [0.3, 0.4) is 0 Å². The lowest BCUT2D eigenvalue weighted by Gasteiger charge is -2.09. The number of fused-ring (bicyclic) bond motifs is 3. The van der Waals surface area contributed by atoms with Crippen molar-refractivity contribution in [3.8, 4) is 5.75 Å². The number of aromatic nitrogens is 3. The van der Waals surface area contributed by atoms with Crippen LogP contribution in [0.25, 0.3) is 21.8 Å². The van der Waals surface area contributed by atoms with Crippen molar-refractivity contribution >= 4 is 33.8 Å². The van der Waals surface area contributed by atoms with Crippen molar-refractivity contribution in [2.45, 2.75) is 11.4 Å². The van der Waals surface area contributed by atoms with Gasteiger partial charge in [0.05, 0.1) is 30.5 Å². The molecule has 0 aliphatic rings. The average molecular weight is 336 g/mol. The Morgan fingerprint density at radius 3 is 2.54 bits per heavy atom. The quantitative estimate of drug-likeness (QED) is 0.577. The smallest absolute Gasteiger partial charge is 0.120 e. The molecule has 0 bridgehead atoms. The summed E-state index contributed by atoms with van der Waals surface area (Å²) in [5.41, 5.74) is 3.37. The molecule has 0 unspecified atom stereocenters. The Bertz CT molecular complexity index is 1010. The third kappa shape index (κ3) is 2.50. The minimum atomic E-state index is 0.744. The molecule has 4 rings (SSSR count). The minimum absolute atomic E-state index is 0.744. The Morgan fingerprint density at radius 1 is 1.00 bits per heavy atom. The maximum Gasteiger partial charge on any atom is 0.120 e. The molecule has 0 atom stereocenters. The Hall–Kier alpha value is -2.57. The summed E-state index contributed by atoms with van der Waals surface area (Å²) in [6.07, 6.45) is 3.63. The second kappa shape index (κ2) is 6.14. The summed E-state index contributed by atoms with van der Waals surface area (Å²) < 4.78 is 7.64. The molecule has 2 aromatic carbocycles. The molecule has 0 aliphatic carbocycles. The number of ether oxygens (including phenoxy) is 1. The maximum absolute atomic E-state index is 5.60. The predicted octanol–water partition coefficient (Wildman–Crippen LogP) is 3.61. The second-order valence-corrected chi connectivity index (χ2v) is 6.23. The number of benzene rings is 2. The molecule has 6 heteroatoms. The van der Waals surface area contributed by atoms with Crippen LogP contribution in [-0.2, 0) is 6.54 Å². The SMILES string of the molecule is COc1ccc2c3cnncc3n(Cc3ccc(SN)cc3)c2c1. The first kappa shape index (κ1) is 15.0. The molecule has 120 valence electrons. The van der Waals surface area contributed by atoms with E-state index in [0.717, 1.165) is 39.0 Å². The maximum atomic E-state index is 5.60. The van der Waals surface area contributed by atoms with E-state index in [9.17, 15) is 0 Å². The highest BCUT2D eigenvalue weighted by Crippen LogP contribution is 2.31. The number of nitrogens with zero attached hydrogens (tertiary/aromatic N) is 3. The van der Waals surface area contributed by atoms with Crippen molar-refractivity contribution in [3.05, 3.63) is 60.4 Å². The zero-order valence-corrected chi connectivity index (χ0v) is 14.0. The third-order valence-corrected chi connectivity index (χ3v) is 4.73. The van der Waals surface area contributed by atoms with Gasteiger partial charge in [-0.2, -0.15) is 10.2 Å². The molecule has 4 aromatic rings. The van der Waals surface area contributed by atoms with E-state index in [1.54, 1.807) is 7.11 Å². The number of methoxy groups -OCH3 is 1. The highest BCUT2D eigenvalue weighted by atomic mass is 32.2. The van der Waals surface area contributed by atoms with Gasteiger partial charge in [0, 0.05) is 28.3 Å². The summed E-state index contributed by atoms with van der Waals surface area (Å²) >= 11 is 1.25. The zero-order chi connectivity index (χ0) is 16.5. The first-order valence-corrected chi connectivity index (χ1v) is 8.40. The van der Waals surface area contributed by atoms with Gasteiger partial charge in [0.15, 0.2) is 0 Å². The van der Waals surface area contributed by atoms with Crippen LogP contribution in [0.5, 0.6) is 5.75 Å². The fraction of sp³-hybridized carbons (Fsp3) is 0.111. The zero-order valence-electron chi connectivity index (χ0n) is 13.1. The molecule has 0 fully saturated rings. The van der Waals surface area contributed by atoms with Crippen LogP contribution in [0.15, 0.2) is 59.8 Å². The number of hydrogen-bond donors (Lipinski definition) is 1. The van der Waals surface area contributed by atoms with Crippen LogP contribution in [-0.4, -0.2) is 21.9 Å². The van der Waals surface area contributed by atoms with E-state index in [0.29, 0.717) is 0 Å². The number of hydrogen-bond acceptors (Lipinski definition) is 5. The fourth-order valence-electron chi connectivity index (χ4n) is 2.98. The Labute approximate surface area is 143 Å². The largest absolute Gasteiger partial charge is 0.497 e. The molecule has 0 radical (unpaired) electrons. The molecule has 0 amide bonds. The lowest BCUT2D eigenvalue weighted by atomic mass is 10.2. The van der Waals surface area contributed by atoms with Crippen molar-refractivity contribution in [1.29, 1.82) is 0 Å². The Balaban J connectivity index is 1.90. The second-order valence-electron chi connectivity index (χ2n) is 5.52. The highest BCUT2D eigenvalue weighted by molar-refractivity contribution is 7.97. The van der Waals surface area contributed by atoms with Gasteiger partial charge in [0.2, 0.25) is 0 Å². The van der Waals surface area contributed by atoms with Gasteiger partial charge >= 0.3 is 0 Å². The molecule has 2 aromatic heterocycles. The van der Waals surface area contributed by atoms with Gasteiger partial charge in [-0.15, -0.1) is 0 Å². The van der Waals surface area contributed by atoms with E-state index in [1.165, 1.54) is 17.5 Å². The summed E-state index contributed by atoms with van der Waals surface area (Å²) in [5, 5.41) is 15.9. The summed E-state index contributed by atoms with van der Waals surface area (Å²) in [5.74, 6) is 0.836. The lowest BCUT2D eigenvalue weighted by molar-refractivity contribution is 0.415.